The van der Waals surface area contributed by atoms with Crippen LogP contribution in [0, 0.1) is 0 Å². The Balaban J connectivity index is 0.00000155. The summed E-state index contributed by atoms with van der Waals surface area (Å²) in [6, 6.07) is 3.28. The summed E-state index contributed by atoms with van der Waals surface area (Å²) in [5.74, 6) is 1.13. The van der Waals surface area contributed by atoms with Crippen LogP contribution in [0.5, 0.6) is 11.5 Å². The number of fused-ring (bicyclic) bond motifs is 1. The number of aromatic nitrogens is 3. The molecule has 1 N–H and O–H groups in total. The first-order chi connectivity index (χ1) is 20.8. The van der Waals surface area contributed by atoms with Crippen molar-refractivity contribution in [1.82, 2.24) is 24.3 Å². The summed E-state index contributed by atoms with van der Waals surface area (Å²) in [4.78, 5) is 39.1. The van der Waals surface area contributed by atoms with Crippen LogP contribution in [-0.4, -0.2) is 84.2 Å². The Morgan fingerprint density at radius 3 is 2.14 bits per heavy atom. The fourth-order valence-electron chi connectivity index (χ4n) is 4.68. The number of hydrogen-bond acceptors (Lipinski definition) is 8. The number of pyridine rings is 1. The van der Waals surface area contributed by atoms with E-state index in [1.54, 1.807) is 42.1 Å². The molecule has 0 spiro atoms. The molecule has 1 fully saturated rings. The minimum atomic E-state index is -0.288. The van der Waals surface area contributed by atoms with Crippen LogP contribution in [0.15, 0.2) is 35.3 Å². The second-order valence-electron chi connectivity index (χ2n) is 9.04. The van der Waals surface area contributed by atoms with E-state index in [-0.39, 0.29) is 21.5 Å². The Labute approximate surface area is 264 Å². The lowest BCUT2D eigenvalue weighted by molar-refractivity contribution is -0.127. The van der Waals surface area contributed by atoms with Gasteiger partial charge in [-0.05, 0) is 32.0 Å². The highest BCUT2D eigenvalue weighted by Gasteiger charge is 2.24. The van der Waals surface area contributed by atoms with E-state index in [2.05, 4.69) is 20.2 Å². The average Bonchev–Trinajstić information content (AvgIpc) is 3.04. The molecule has 0 unspecified atom stereocenters. The minimum Gasteiger partial charge on any atom is -0.495 e. The van der Waals surface area contributed by atoms with Crippen molar-refractivity contribution in [1.29, 1.82) is 0 Å². The van der Waals surface area contributed by atoms with Gasteiger partial charge in [-0.25, -0.2) is 4.98 Å². The predicted octanol–water partition coefficient (Wildman–Crippen LogP) is 5.99. The fourth-order valence-corrected chi connectivity index (χ4v) is 5.38. The summed E-state index contributed by atoms with van der Waals surface area (Å²) in [6.07, 6.45) is 5.71. The summed E-state index contributed by atoms with van der Waals surface area (Å²) >= 11 is 13.3. The number of anilines is 1. The van der Waals surface area contributed by atoms with Gasteiger partial charge in [0.1, 0.15) is 17.1 Å². The standard InChI is InChI=1S/C27H32Cl2N6O4.2C2H6/c1-5-7-21(36)34-12-10-33(11-13-34)8-6-9-35-25-17(16-31-27(30-2)32-25)14-18(26(35)37)22-23(28)19(38-3)15-20(39-4)24(22)29;2*1-2/h5,7,14-16H,6,8-13H2,1-4H3,(H,30,31,32);2*1-2H3/b7-5+;;. The summed E-state index contributed by atoms with van der Waals surface area (Å²) in [6.45, 7) is 13.9. The van der Waals surface area contributed by atoms with Crippen molar-refractivity contribution in [3.05, 3.63) is 50.9 Å². The summed E-state index contributed by atoms with van der Waals surface area (Å²) < 4.78 is 12.5. The normalized spacial score (nSPS) is 13.2. The van der Waals surface area contributed by atoms with Crippen molar-refractivity contribution in [2.45, 2.75) is 47.6 Å². The number of amides is 1. The van der Waals surface area contributed by atoms with Gasteiger partial charge in [-0.15, -0.1) is 0 Å². The number of allylic oxidation sites excluding steroid dienone is 1. The number of rotatable bonds is 9. The Morgan fingerprint density at radius 1 is 1.00 bits per heavy atom. The highest BCUT2D eigenvalue weighted by atomic mass is 35.5. The molecule has 0 saturated carbocycles. The third-order valence-corrected chi connectivity index (χ3v) is 7.49. The highest BCUT2D eigenvalue weighted by molar-refractivity contribution is 6.41. The zero-order valence-corrected chi connectivity index (χ0v) is 28.0. The van der Waals surface area contributed by atoms with Crippen molar-refractivity contribution in [3.8, 4) is 22.6 Å². The maximum absolute atomic E-state index is 14.0. The number of ether oxygens (including phenoxy) is 2. The number of carbonyl (C=O) groups is 1. The van der Waals surface area contributed by atoms with Crippen LogP contribution >= 0.6 is 23.2 Å². The average molecular weight is 636 g/mol. The van der Waals surface area contributed by atoms with Gasteiger partial charge in [0.05, 0.1) is 29.8 Å². The largest absolute Gasteiger partial charge is 0.495 e. The molecule has 236 valence electrons. The van der Waals surface area contributed by atoms with Gasteiger partial charge >= 0.3 is 0 Å². The molecular formula is C31H44Cl2N6O4. The van der Waals surface area contributed by atoms with Gasteiger partial charge in [0.2, 0.25) is 11.9 Å². The molecule has 0 radical (unpaired) electrons. The van der Waals surface area contributed by atoms with Crippen LogP contribution in [0.1, 0.15) is 41.0 Å². The Hall–Kier alpha value is -3.34. The van der Waals surface area contributed by atoms with E-state index in [0.717, 1.165) is 19.6 Å². The topological polar surface area (TPSA) is 102 Å². The van der Waals surface area contributed by atoms with E-state index < -0.39 is 0 Å². The second-order valence-corrected chi connectivity index (χ2v) is 9.80. The van der Waals surface area contributed by atoms with Crippen molar-refractivity contribution in [2.24, 2.45) is 0 Å². The summed E-state index contributed by atoms with van der Waals surface area (Å²) in [5, 5.41) is 4.02. The van der Waals surface area contributed by atoms with Crippen LogP contribution in [0.4, 0.5) is 5.95 Å². The number of carbonyl (C=O) groups excluding carboxylic acids is 1. The molecule has 43 heavy (non-hydrogen) atoms. The Bertz CT molecular complexity index is 1420. The van der Waals surface area contributed by atoms with Crippen molar-refractivity contribution < 1.29 is 14.3 Å². The van der Waals surface area contributed by atoms with Gasteiger partial charge in [-0.3, -0.25) is 19.1 Å². The maximum Gasteiger partial charge on any atom is 0.260 e. The Morgan fingerprint density at radius 2 is 1.60 bits per heavy atom. The molecule has 3 heterocycles. The molecular weight excluding hydrogens is 591 g/mol. The Kier molecular flexibility index (Phi) is 14.8. The van der Waals surface area contributed by atoms with Crippen molar-refractivity contribution >= 4 is 46.1 Å². The van der Waals surface area contributed by atoms with Gasteiger partial charge in [-0.2, -0.15) is 4.98 Å². The zero-order valence-electron chi connectivity index (χ0n) is 26.5. The highest BCUT2D eigenvalue weighted by Crippen LogP contribution is 2.45. The number of piperazine rings is 1. The van der Waals surface area contributed by atoms with Gasteiger partial charge < -0.3 is 19.7 Å². The first-order valence-electron chi connectivity index (χ1n) is 14.7. The number of benzene rings is 1. The van der Waals surface area contributed by atoms with Crippen LogP contribution in [0.2, 0.25) is 10.0 Å². The summed E-state index contributed by atoms with van der Waals surface area (Å²) in [7, 11) is 4.70. The second kappa shape index (κ2) is 17.7. The molecule has 1 aliphatic rings. The van der Waals surface area contributed by atoms with E-state index in [0.29, 0.717) is 65.7 Å². The molecule has 3 aromatic rings. The molecule has 0 atom stereocenters. The van der Waals surface area contributed by atoms with Gasteiger partial charge in [0, 0.05) is 63.0 Å². The molecule has 1 aromatic carbocycles. The number of nitrogens with one attached hydrogen (secondary N) is 1. The third-order valence-electron chi connectivity index (χ3n) is 6.74. The quantitative estimate of drug-likeness (QED) is 0.287. The van der Waals surface area contributed by atoms with Crippen molar-refractivity contribution in [3.63, 3.8) is 0 Å². The van der Waals surface area contributed by atoms with Crippen LogP contribution in [0.3, 0.4) is 0 Å². The zero-order chi connectivity index (χ0) is 32.1. The molecule has 1 saturated heterocycles. The molecule has 2 aromatic heterocycles. The number of hydrogen-bond donors (Lipinski definition) is 1. The van der Waals surface area contributed by atoms with E-state index in [9.17, 15) is 9.59 Å². The van der Waals surface area contributed by atoms with Crippen LogP contribution in [0.25, 0.3) is 22.2 Å². The lowest BCUT2D eigenvalue weighted by Crippen LogP contribution is -2.48. The molecule has 4 rings (SSSR count). The molecule has 10 nitrogen and oxygen atoms in total. The molecule has 12 heteroatoms. The first kappa shape index (κ1) is 35.9. The van der Waals surface area contributed by atoms with Gasteiger partial charge in [0.25, 0.3) is 5.56 Å². The maximum atomic E-state index is 14.0. The molecule has 0 aliphatic carbocycles. The lowest BCUT2D eigenvalue weighted by Gasteiger charge is -2.34. The van der Waals surface area contributed by atoms with E-state index in [1.165, 1.54) is 14.2 Å². The smallest absolute Gasteiger partial charge is 0.260 e. The fraction of sp³-hybridized carbons (Fsp3) is 0.484. The van der Waals surface area contributed by atoms with Crippen molar-refractivity contribution in [2.75, 3.05) is 59.3 Å². The summed E-state index contributed by atoms with van der Waals surface area (Å²) in [5.41, 5.74) is 0.845. The van der Waals surface area contributed by atoms with Crippen LogP contribution in [-0.2, 0) is 11.3 Å². The molecule has 0 bridgehead atoms. The monoisotopic (exact) mass is 634 g/mol. The minimum absolute atomic E-state index is 0.0403. The predicted molar refractivity (Wildman–Crippen MR) is 177 cm³/mol. The van der Waals surface area contributed by atoms with Gasteiger partial charge in [0.15, 0.2) is 0 Å². The van der Waals surface area contributed by atoms with Crippen LogP contribution < -0.4 is 20.3 Å². The number of nitrogens with zero attached hydrogens (tertiary/aromatic N) is 5. The molecule has 1 amide bonds. The van der Waals surface area contributed by atoms with Gasteiger partial charge in [-0.1, -0.05) is 57.0 Å². The SMILES string of the molecule is C/C=C/C(=O)N1CCN(CCCn2c(=O)c(-c3c(Cl)c(OC)cc(OC)c3Cl)cc3cnc(NC)nc32)CC1.CC.CC. The number of halogens is 2. The van der Waals surface area contributed by atoms with E-state index in [1.807, 2.05) is 39.5 Å². The van der Waals surface area contributed by atoms with E-state index in [4.69, 9.17) is 32.7 Å². The molecule has 1 aliphatic heterocycles. The third kappa shape index (κ3) is 8.40. The lowest BCUT2D eigenvalue weighted by atomic mass is 10.0. The first-order valence-corrected chi connectivity index (χ1v) is 15.4. The number of aryl methyl sites for hydroxylation is 1. The van der Waals surface area contributed by atoms with E-state index >= 15 is 0 Å². The number of methoxy groups -OCH3 is 2.